The monoisotopic (exact) mass is 395 g/mol. The van der Waals surface area contributed by atoms with E-state index in [4.69, 9.17) is 0 Å². The molecule has 0 bridgehead atoms. The highest BCUT2D eigenvalue weighted by molar-refractivity contribution is 5.91. The van der Waals surface area contributed by atoms with Gasteiger partial charge in [0.2, 0.25) is 5.91 Å². The van der Waals surface area contributed by atoms with Crippen molar-refractivity contribution >= 4 is 17.4 Å². The van der Waals surface area contributed by atoms with Crippen LogP contribution < -0.4 is 5.32 Å². The molecule has 1 fully saturated rings. The third-order valence-corrected chi connectivity index (χ3v) is 5.20. The van der Waals surface area contributed by atoms with Gasteiger partial charge in [-0.1, -0.05) is 52.9 Å². The number of amides is 1. The van der Waals surface area contributed by atoms with Crippen LogP contribution in [0.3, 0.4) is 0 Å². The number of pyridine rings is 1. The molecule has 1 N–H and O–H groups in total. The Morgan fingerprint density at radius 3 is 2.46 bits per heavy atom. The van der Waals surface area contributed by atoms with Crippen molar-refractivity contribution in [2.24, 2.45) is 11.3 Å². The second-order valence-corrected chi connectivity index (χ2v) is 9.04. The zero-order chi connectivity index (χ0) is 20.5. The molecule has 1 aliphatic carbocycles. The first-order valence-electron chi connectivity index (χ1n) is 9.91. The lowest BCUT2D eigenvalue weighted by Gasteiger charge is -2.22. The Morgan fingerprint density at radius 2 is 1.86 bits per heavy atom. The minimum absolute atomic E-state index is 0.170. The smallest absolute Gasteiger partial charge is 0.309 e. The number of carbonyl (C=O) groups is 1. The van der Waals surface area contributed by atoms with E-state index in [0.29, 0.717) is 35.9 Å². The number of anilines is 1. The predicted octanol–water partition coefficient (Wildman–Crippen LogP) is 5.85. The van der Waals surface area contributed by atoms with E-state index in [2.05, 4.69) is 10.3 Å². The van der Waals surface area contributed by atoms with Crippen LogP contribution in [-0.4, -0.2) is 15.3 Å². The van der Waals surface area contributed by atoms with E-state index in [1.54, 1.807) is 0 Å². The molecule has 0 atom stereocenters. The summed E-state index contributed by atoms with van der Waals surface area (Å²) < 4.78 is 41.1. The summed E-state index contributed by atoms with van der Waals surface area (Å²) in [5.74, 6) is 0.623. The summed E-state index contributed by atoms with van der Waals surface area (Å²) in [5, 5.41) is 2.85. The van der Waals surface area contributed by atoms with Crippen LogP contribution in [0.4, 0.5) is 19.0 Å². The first kappa shape index (κ1) is 20.7. The molecular formula is C21H28F3N3O. The number of imidazole rings is 1. The third-order valence-electron chi connectivity index (χ3n) is 5.20. The molecule has 4 nitrogen and oxygen atoms in total. The van der Waals surface area contributed by atoms with Crippen molar-refractivity contribution in [1.29, 1.82) is 0 Å². The van der Waals surface area contributed by atoms with Gasteiger partial charge >= 0.3 is 6.18 Å². The molecule has 1 amide bonds. The zero-order valence-electron chi connectivity index (χ0n) is 16.7. The molecule has 154 valence electrons. The number of alkyl halides is 3. The molecule has 2 heterocycles. The van der Waals surface area contributed by atoms with Crippen LogP contribution in [-0.2, 0) is 17.4 Å². The highest BCUT2D eigenvalue weighted by atomic mass is 19.4. The molecule has 0 saturated heterocycles. The van der Waals surface area contributed by atoms with E-state index < -0.39 is 11.7 Å². The van der Waals surface area contributed by atoms with Gasteiger partial charge in [0, 0.05) is 12.6 Å². The Bertz CT molecular complexity index is 843. The molecule has 2 aromatic heterocycles. The number of hydrogen-bond donors (Lipinski definition) is 1. The number of aromatic nitrogens is 2. The first-order valence-corrected chi connectivity index (χ1v) is 9.91. The van der Waals surface area contributed by atoms with Gasteiger partial charge in [-0.15, -0.1) is 0 Å². The topological polar surface area (TPSA) is 46.4 Å². The minimum Gasteiger partial charge on any atom is -0.309 e. The molecule has 3 rings (SSSR count). The Labute approximate surface area is 163 Å². The van der Waals surface area contributed by atoms with E-state index in [1.165, 1.54) is 16.9 Å². The van der Waals surface area contributed by atoms with Gasteiger partial charge in [0.15, 0.2) is 5.82 Å². The Kier molecular flexibility index (Phi) is 5.73. The molecule has 1 saturated carbocycles. The number of rotatable bonds is 4. The average molecular weight is 395 g/mol. The molecule has 28 heavy (non-hydrogen) atoms. The van der Waals surface area contributed by atoms with Crippen molar-refractivity contribution in [2.75, 3.05) is 5.32 Å². The van der Waals surface area contributed by atoms with Crippen molar-refractivity contribution in [3.8, 4) is 0 Å². The summed E-state index contributed by atoms with van der Waals surface area (Å²) in [5.41, 5.74) is 0.186. The van der Waals surface area contributed by atoms with Crippen LogP contribution >= 0.6 is 0 Å². The fraction of sp³-hybridized carbons (Fsp3) is 0.619. The van der Waals surface area contributed by atoms with Crippen molar-refractivity contribution in [3.63, 3.8) is 0 Å². The second-order valence-electron chi connectivity index (χ2n) is 9.04. The number of fused-ring (bicyclic) bond motifs is 1. The van der Waals surface area contributed by atoms with Gasteiger partial charge in [-0.25, -0.2) is 4.98 Å². The van der Waals surface area contributed by atoms with E-state index in [-0.39, 0.29) is 11.3 Å². The van der Waals surface area contributed by atoms with Crippen molar-refractivity contribution in [3.05, 3.63) is 29.6 Å². The lowest BCUT2D eigenvalue weighted by atomic mass is 9.86. The lowest BCUT2D eigenvalue weighted by Crippen LogP contribution is -2.21. The molecule has 1 aliphatic rings. The molecular weight excluding hydrogens is 367 g/mol. The summed E-state index contributed by atoms with van der Waals surface area (Å²) >= 11 is 0. The van der Waals surface area contributed by atoms with Gasteiger partial charge in [0.05, 0.1) is 11.3 Å². The summed E-state index contributed by atoms with van der Waals surface area (Å²) in [6.07, 6.45) is 3.21. The van der Waals surface area contributed by atoms with Crippen LogP contribution in [0.1, 0.15) is 70.6 Å². The first-order chi connectivity index (χ1) is 13.0. The molecule has 0 unspecified atom stereocenters. The summed E-state index contributed by atoms with van der Waals surface area (Å²) in [4.78, 5) is 16.9. The predicted molar refractivity (Wildman–Crippen MR) is 103 cm³/mol. The highest BCUT2D eigenvalue weighted by Crippen LogP contribution is 2.33. The fourth-order valence-electron chi connectivity index (χ4n) is 3.88. The van der Waals surface area contributed by atoms with Crippen LogP contribution in [0.25, 0.3) is 5.65 Å². The van der Waals surface area contributed by atoms with Gasteiger partial charge in [0.1, 0.15) is 5.65 Å². The number of hydrogen-bond acceptors (Lipinski definition) is 2. The van der Waals surface area contributed by atoms with E-state index >= 15 is 0 Å². The normalized spacial score (nSPS) is 16.5. The highest BCUT2D eigenvalue weighted by Gasteiger charge is 2.32. The molecule has 2 aromatic rings. The number of nitrogens with one attached hydrogen (secondary N) is 1. The minimum atomic E-state index is -4.42. The van der Waals surface area contributed by atoms with E-state index in [1.807, 2.05) is 20.8 Å². The summed E-state index contributed by atoms with van der Waals surface area (Å²) in [6, 6.07) is 2.40. The van der Waals surface area contributed by atoms with Crippen LogP contribution in [0, 0.1) is 11.3 Å². The molecule has 0 aromatic carbocycles. The molecule has 0 aliphatic heterocycles. The SMILES string of the molecule is CC(C)(C)CC(=O)Nc1nc2ccc(C(F)(F)F)cn2c1CC1CCCCC1. The van der Waals surface area contributed by atoms with Crippen LogP contribution in [0.2, 0.25) is 0 Å². The Hall–Kier alpha value is -2.05. The average Bonchev–Trinajstić information content (AvgIpc) is 2.90. The van der Waals surface area contributed by atoms with Crippen molar-refractivity contribution in [2.45, 2.75) is 71.9 Å². The van der Waals surface area contributed by atoms with E-state index in [9.17, 15) is 18.0 Å². The third kappa shape index (κ3) is 5.06. The van der Waals surface area contributed by atoms with Gasteiger partial charge < -0.3 is 9.72 Å². The van der Waals surface area contributed by atoms with Crippen molar-refractivity contribution < 1.29 is 18.0 Å². The molecule has 7 heteroatoms. The maximum Gasteiger partial charge on any atom is 0.417 e. The maximum absolute atomic E-state index is 13.2. The van der Waals surface area contributed by atoms with Crippen LogP contribution in [0.5, 0.6) is 0 Å². The van der Waals surface area contributed by atoms with Gasteiger partial charge in [-0.2, -0.15) is 13.2 Å². The maximum atomic E-state index is 13.2. The number of carbonyl (C=O) groups excluding carboxylic acids is 1. The lowest BCUT2D eigenvalue weighted by molar-refractivity contribution is -0.137. The molecule has 0 radical (unpaired) electrons. The Balaban J connectivity index is 1.97. The van der Waals surface area contributed by atoms with E-state index in [0.717, 1.165) is 37.9 Å². The zero-order valence-corrected chi connectivity index (χ0v) is 16.7. The second kappa shape index (κ2) is 7.76. The van der Waals surface area contributed by atoms with Gasteiger partial charge in [-0.05, 0) is 29.9 Å². The van der Waals surface area contributed by atoms with Crippen molar-refractivity contribution in [1.82, 2.24) is 9.38 Å². The number of nitrogens with zero attached hydrogens (tertiary/aromatic N) is 2. The van der Waals surface area contributed by atoms with Gasteiger partial charge in [-0.3, -0.25) is 4.79 Å². The summed E-state index contributed by atoms with van der Waals surface area (Å²) in [7, 11) is 0. The quantitative estimate of drug-likeness (QED) is 0.706. The van der Waals surface area contributed by atoms with Crippen LogP contribution in [0.15, 0.2) is 18.3 Å². The number of halogens is 3. The largest absolute Gasteiger partial charge is 0.417 e. The van der Waals surface area contributed by atoms with Gasteiger partial charge in [0.25, 0.3) is 0 Å². The standard InChI is InChI=1S/C21H28F3N3O/c1-20(2,3)12-18(28)26-19-16(11-14-7-5-4-6-8-14)27-13-15(21(22,23)24)9-10-17(27)25-19/h9-10,13-14H,4-8,11-12H2,1-3H3,(H,26,28). The fourth-order valence-corrected chi connectivity index (χ4v) is 3.88. The Morgan fingerprint density at radius 1 is 1.18 bits per heavy atom. The molecule has 0 spiro atoms. The summed E-state index contributed by atoms with van der Waals surface area (Å²) in [6.45, 7) is 5.90.